The zero-order valence-corrected chi connectivity index (χ0v) is 11.0. The van der Waals surface area contributed by atoms with Crippen LogP contribution in [0.25, 0.3) is 0 Å². The second-order valence-electron chi connectivity index (χ2n) is 3.25. The number of nitriles is 1. The molecule has 0 amide bonds. The highest BCUT2D eigenvalue weighted by molar-refractivity contribution is 9.11. The summed E-state index contributed by atoms with van der Waals surface area (Å²) in [4.78, 5) is 1.04. The molecular formula is C12H7BrFNOS. The standard InChI is InChI=1S/C12H7BrFNOS/c13-12-4-3-10(17-12)7-16-9-2-1-8(6-15)11(14)5-9/h1-5H,7H2. The molecule has 0 saturated heterocycles. The van der Waals surface area contributed by atoms with Crippen molar-refractivity contribution in [2.45, 2.75) is 6.61 Å². The van der Waals surface area contributed by atoms with E-state index in [9.17, 15) is 4.39 Å². The number of ether oxygens (including phenoxy) is 1. The summed E-state index contributed by atoms with van der Waals surface area (Å²) in [5.41, 5.74) is 0.0243. The van der Waals surface area contributed by atoms with Crippen LogP contribution in [0.4, 0.5) is 4.39 Å². The fourth-order valence-electron chi connectivity index (χ4n) is 1.26. The van der Waals surface area contributed by atoms with Crippen molar-refractivity contribution in [1.82, 2.24) is 0 Å². The van der Waals surface area contributed by atoms with Crippen LogP contribution in [0.5, 0.6) is 5.75 Å². The van der Waals surface area contributed by atoms with Crippen LogP contribution in [0.15, 0.2) is 34.1 Å². The second-order valence-corrected chi connectivity index (χ2v) is 5.80. The molecule has 17 heavy (non-hydrogen) atoms. The minimum atomic E-state index is -0.558. The van der Waals surface area contributed by atoms with Crippen molar-refractivity contribution in [2.75, 3.05) is 0 Å². The molecule has 1 aromatic carbocycles. The summed E-state index contributed by atoms with van der Waals surface area (Å²) in [6.07, 6.45) is 0. The average molecular weight is 312 g/mol. The summed E-state index contributed by atoms with van der Waals surface area (Å²) in [6, 6.07) is 9.86. The summed E-state index contributed by atoms with van der Waals surface area (Å²) < 4.78 is 19.7. The van der Waals surface area contributed by atoms with Crippen LogP contribution in [-0.2, 0) is 6.61 Å². The number of thiophene rings is 1. The lowest BCUT2D eigenvalue weighted by atomic mass is 10.2. The van der Waals surface area contributed by atoms with E-state index in [1.165, 1.54) is 12.1 Å². The molecule has 86 valence electrons. The maximum atomic E-state index is 13.3. The molecule has 0 N–H and O–H groups in total. The van der Waals surface area contributed by atoms with E-state index in [4.69, 9.17) is 10.00 Å². The first-order valence-electron chi connectivity index (χ1n) is 4.75. The molecule has 1 aromatic heterocycles. The van der Waals surface area contributed by atoms with Crippen LogP contribution in [0, 0.1) is 17.1 Å². The van der Waals surface area contributed by atoms with Crippen LogP contribution in [0.1, 0.15) is 10.4 Å². The van der Waals surface area contributed by atoms with Crippen LogP contribution >= 0.6 is 27.3 Å². The van der Waals surface area contributed by atoms with Gasteiger partial charge in [0, 0.05) is 10.9 Å². The monoisotopic (exact) mass is 311 g/mol. The van der Waals surface area contributed by atoms with Crippen LogP contribution in [-0.4, -0.2) is 0 Å². The molecule has 0 saturated carbocycles. The highest BCUT2D eigenvalue weighted by Gasteiger charge is 2.04. The van der Waals surface area contributed by atoms with Crippen molar-refractivity contribution in [1.29, 1.82) is 5.26 Å². The molecule has 5 heteroatoms. The Hall–Kier alpha value is -1.38. The highest BCUT2D eigenvalue weighted by atomic mass is 79.9. The number of hydrogen-bond donors (Lipinski definition) is 0. The van der Waals surface area contributed by atoms with Crippen molar-refractivity contribution < 1.29 is 9.13 Å². The van der Waals surface area contributed by atoms with Crippen LogP contribution in [0.3, 0.4) is 0 Å². The smallest absolute Gasteiger partial charge is 0.144 e. The molecule has 0 atom stereocenters. The van der Waals surface area contributed by atoms with Gasteiger partial charge < -0.3 is 4.74 Å². The van der Waals surface area contributed by atoms with Gasteiger partial charge >= 0.3 is 0 Å². The van der Waals surface area contributed by atoms with E-state index in [2.05, 4.69) is 15.9 Å². The van der Waals surface area contributed by atoms with Gasteiger partial charge in [-0.1, -0.05) is 0 Å². The Labute approximate surface area is 110 Å². The number of hydrogen-bond acceptors (Lipinski definition) is 3. The van der Waals surface area contributed by atoms with E-state index < -0.39 is 5.82 Å². The van der Waals surface area contributed by atoms with E-state index in [0.29, 0.717) is 12.4 Å². The number of halogens is 2. The summed E-state index contributed by atoms with van der Waals surface area (Å²) >= 11 is 4.92. The normalized spacial score (nSPS) is 9.94. The van der Waals surface area contributed by atoms with Crippen molar-refractivity contribution in [3.8, 4) is 11.8 Å². The summed E-state index contributed by atoms with van der Waals surface area (Å²) in [5, 5.41) is 8.59. The summed E-state index contributed by atoms with van der Waals surface area (Å²) in [6.45, 7) is 0.390. The Balaban J connectivity index is 2.05. The first-order chi connectivity index (χ1) is 8.19. The molecule has 0 radical (unpaired) electrons. The van der Waals surface area contributed by atoms with Crippen molar-refractivity contribution in [3.63, 3.8) is 0 Å². The second kappa shape index (κ2) is 5.30. The number of rotatable bonds is 3. The Bertz CT molecular complexity index is 576. The lowest BCUT2D eigenvalue weighted by Crippen LogP contribution is -1.94. The van der Waals surface area contributed by atoms with E-state index in [0.717, 1.165) is 8.66 Å². The molecule has 0 aliphatic heterocycles. The molecule has 0 aliphatic carbocycles. The van der Waals surface area contributed by atoms with Crippen LogP contribution in [0.2, 0.25) is 0 Å². The zero-order valence-electron chi connectivity index (χ0n) is 8.61. The maximum absolute atomic E-state index is 13.3. The minimum Gasteiger partial charge on any atom is -0.488 e. The van der Waals surface area contributed by atoms with Crippen molar-refractivity contribution in [3.05, 3.63) is 50.4 Å². The summed E-state index contributed by atoms with van der Waals surface area (Å²) in [5.74, 6) is -0.136. The first-order valence-corrected chi connectivity index (χ1v) is 6.36. The first kappa shape index (κ1) is 12.1. The molecule has 0 unspecified atom stereocenters. The predicted molar refractivity (Wildman–Crippen MR) is 67.5 cm³/mol. The fourth-order valence-corrected chi connectivity index (χ4v) is 2.66. The predicted octanol–water partition coefficient (Wildman–Crippen LogP) is 4.10. The largest absolute Gasteiger partial charge is 0.488 e. The number of benzene rings is 1. The molecule has 1 heterocycles. The van der Waals surface area contributed by atoms with Gasteiger partial charge in [-0.15, -0.1) is 11.3 Å². The van der Waals surface area contributed by atoms with Gasteiger partial charge in [0.15, 0.2) is 0 Å². The maximum Gasteiger partial charge on any atom is 0.144 e. The van der Waals surface area contributed by atoms with E-state index in [1.54, 1.807) is 23.5 Å². The van der Waals surface area contributed by atoms with E-state index in [-0.39, 0.29) is 5.56 Å². The molecule has 0 spiro atoms. The van der Waals surface area contributed by atoms with Gasteiger partial charge in [-0.2, -0.15) is 5.26 Å². The Kier molecular flexibility index (Phi) is 3.77. The molecule has 2 aromatic rings. The van der Waals surface area contributed by atoms with Gasteiger partial charge in [-0.3, -0.25) is 0 Å². The zero-order chi connectivity index (χ0) is 12.3. The molecule has 0 bridgehead atoms. The molecule has 0 aliphatic rings. The third kappa shape index (κ3) is 3.05. The SMILES string of the molecule is N#Cc1ccc(OCc2ccc(Br)s2)cc1F. The fraction of sp³-hybridized carbons (Fsp3) is 0.0833. The molecular weight excluding hydrogens is 305 g/mol. The molecule has 0 fully saturated rings. The topological polar surface area (TPSA) is 33.0 Å². The van der Waals surface area contributed by atoms with E-state index in [1.807, 2.05) is 12.1 Å². The average Bonchev–Trinajstić information content (AvgIpc) is 2.73. The number of nitrogens with zero attached hydrogens (tertiary/aromatic N) is 1. The van der Waals surface area contributed by atoms with Gasteiger partial charge in [0.05, 0.1) is 9.35 Å². The molecule has 2 nitrogen and oxygen atoms in total. The van der Waals surface area contributed by atoms with Gasteiger partial charge in [0.25, 0.3) is 0 Å². The quantitative estimate of drug-likeness (QED) is 0.855. The Morgan fingerprint density at radius 3 is 2.76 bits per heavy atom. The van der Waals surface area contributed by atoms with Gasteiger partial charge in [-0.05, 0) is 40.2 Å². The summed E-state index contributed by atoms with van der Waals surface area (Å²) in [7, 11) is 0. The third-order valence-corrected chi connectivity index (χ3v) is 3.67. The van der Waals surface area contributed by atoms with Crippen LogP contribution < -0.4 is 4.74 Å². The minimum absolute atomic E-state index is 0.0243. The Morgan fingerprint density at radius 1 is 1.35 bits per heavy atom. The molecule has 2 rings (SSSR count). The van der Waals surface area contributed by atoms with Crippen molar-refractivity contribution in [2.24, 2.45) is 0 Å². The lowest BCUT2D eigenvalue weighted by molar-refractivity contribution is 0.308. The van der Waals surface area contributed by atoms with E-state index >= 15 is 0 Å². The highest BCUT2D eigenvalue weighted by Crippen LogP contribution is 2.24. The van der Waals surface area contributed by atoms with Gasteiger partial charge in [-0.25, -0.2) is 4.39 Å². The van der Waals surface area contributed by atoms with Gasteiger partial charge in [0.1, 0.15) is 24.2 Å². The van der Waals surface area contributed by atoms with Crippen molar-refractivity contribution >= 4 is 27.3 Å². The van der Waals surface area contributed by atoms with Gasteiger partial charge in [0.2, 0.25) is 0 Å². The Morgan fingerprint density at radius 2 is 2.18 bits per heavy atom. The lowest BCUT2D eigenvalue weighted by Gasteiger charge is -2.04. The third-order valence-electron chi connectivity index (χ3n) is 2.07.